The first-order valence-electron chi connectivity index (χ1n) is 10.9. The molecule has 14 heteroatoms. The predicted octanol–water partition coefficient (Wildman–Crippen LogP) is -2.58. The number of fused-ring (bicyclic) bond motifs is 1. The normalized spacial score (nSPS) is 13.2. The van der Waals surface area contributed by atoms with Crippen molar-refractivity contribution in [3.63, 3.8) is 0 Å². The summed E-state index contributed by atoms with van der Waals surface area (Å²) in [6.07, 6.45) is 1.71. The number of rotatable bonds is 11. The molecule has 2 aromatic rings. The van der Waals surface area contributed by atoms with Crippen molar-refractivity contribution in [2.24, 2.45) is 5.73 Å². The van der Waals surface area contributed by atoms with Crippen LogP contribution in [0, 0.1) is 0 Å². The van der Waals surface area contributed by atoms with E-state index in [4.69, 9.17) is 5.73 Å². The summed E-state index contributed by atoms with van der Waals surface area (Å²) >= 11 is 0. The number of carboxylic acids is 1. The van der Waals surface area contributed by atoms with Gasteiger partial charge in [0.1, 0.15) is 12.1 Å². The highest BCUT2D eigenvalue weighted by Gasteiger charge is 2.30. The van der Waals surface area contributed by atoms with Crippen molar-refractivity contribution >= 4 is 48.6 Å². The van der Waals surface area contributed by atoms with Crippen LogP contribution in [0.2, 0.25) is 0 Å². The smallest absolute Gasteiger partial charge is 0.326 e. The van der Waals surface area contributed by atoms with E-state index < -0.39 is 54.4 Å². The Kier molecular flexibility index (Phi) is 9.64. The number of hydrogen-bond donors (Lipinski definition) is 7. The maximum absolute atomic E-state index is 12.4. The predicted molar refractivity (Wildman–Crippen MR) is 130 cm³/mol. The molecule has 13 nitrogen and oxygen atoms in total. The van der Waals surface area contributed by atoms with Gasteiger partial charge in [0.2, 0.25) is 25.7 Å². The molecule has 0 aliphatic heterocycles. The van der Waals surface area contributed by atoms with Gasteiger partial charge in [0.05, 0.1) is 19.1 Å². The molecule has 0 aliphatic carbocycles. The molecule has 0 saturated carbocycles. The summed E-state index contributed by atoms with van der Waals surface area (Å²) in [6.45, 7) is 0.774. The number of H-pyrrole nitrogens is 1. The van der Waals surface area contributed by atoms with E-state index in [1.807, 2.05) is 24.3 Å². The first kappa shape index (κ1) is 27.2. The lowest BCUT2D eigenvalue weighted by Crippen LogP contribution is -2.59. The van der Waals surface area contributed by atoms with Crippen LogP contribution in [0.25, 0.3) is 10.9 Å². The summed E-state index contributed by atoms with van der Waals surface area (Å²) in [5.74, 6) is -2.92. The molecule has 5 amide bonds. The van der Waals surface area contributed by atoms with Crippen LogP contribution in [-0.2, 0) is 25.6 Å². The van der Waals surface area contributed by atoms with Crippen LogP contribution in [0.3, 0.4) is 0 Å². The number of aliphatic carboxylic acids is 1. The van der Waals surface area contributed by atoms with Crippen LogP contribution in [0.15, 0.2) is 30.5 Å². The van der Waals surface area contributed by atoms with E-state index in [0.29, 0.717) is 5.56 Å². The molecule has 2 rings (SSSR count). The number of carboxylic acid groups (broad SMARTS) is 1. The summed E-state index contributed by atoms with van der Waals surface area (Å²) in [7, 11) is 2.83. The van der Waals surface area contributed by atoms with Crippen LogP contribution in [-0.4, -0.2) is 91.0 Å². The minimum atomic E-state index is -1.24. The molecule has 8 N–H and O–H groups in total. The van der Waals surface area contributed by atoms with Gasteiger partial charge in [-0.05, 0) is 18.6 Å². The lowest BCUT2D eigenvalue weighted by molar-refractivity contribution is -0.139. The SMILES string of the molecule is BNC(=O)[C@@H](NC(=O)CNC(=O)N[C@@H](Cc1c[nH]c2ccccc12)C(=O)O)[C@H](C)N(C)C(=O)CN. The van der Waals surface area contributed by atoms with Crippen LogP contribution in [0.1, 0.15) is 12.5 Å². The van der Waals surface area contributed by atoms with E-state index >= 15 is 0 Å². The molecule has 0 spiro atoms. The van der Waals surface area contributed by atoms with E-state index in [-0.39, 0.29) is 13.0 Å². The number of likely N-dealkylation sites (N-methyl/N-ethyl adjacent to an activating group) is 1. The third-order valence-electron chi connectivity index (χ3n) is 5.62. The first-order chi connectivity index (χ1) is 16.6. The van der Waals surface area contributed by atoms with Gasteiger partial charge in [-0.15, -0.1) is 0 Å². The van der Waals surface area contributed by atoms with Crippen molar-refractivity contribution in [2.45, 2.75) is 31.5 Å². The summed E-state index contributed by atoms with van der Waals surface area (Å²) < 4.78 is 0. The summed E-state index contributed by atoms with van der Waals surface area (Å²) in [4.78, 5) is 64.7. The van der Waals surface area contributed by atoms with Crippen LogP contribution in [0.4, 0.5) is 4.79 Å². The highest BCUT2D eigenvalue weighted by molar-refractivity contribution is 6.15. The number of benzene rings is 1. The van der Waals surface area contributed by atoms with E-state index in [1.165, 1.54) is 19.9 Å². The number of nitrogens with two attached hydrogens (primary N) is 1. The Morgan fingerprint density at radius 2 is 1.86 bits per heavy atom. The summed E-state index contributed by atoms with van der Waals surface area (Å²) in [5.41, 5.74) is 6.91. The van der Waals surface area contributed by atoms with E-state index in [9.17, 15) is 29.1 Å². The Labute approximate surface area is 202 Å². The van der Waals surface area contributed by atoms with Crippen LogP contribution < -0.4 is 26.9 Å². The molecule has 35 heavy (non-hydrogen) atoms. The van der Waals surface area contributed by atoms with Gasteiger partial charge in [0.25, 0.3) is 0 Å². The minimum Gasteiger partial charge on any atom is -0.480 e. The largest absolute Gasteiger partial charge is 0.480 e. The fourth-order valence-electron chi connectivity index (χ4n) is 3.47. The number of nitrogens with one attached hydrogen (secondary N) is 5. The number of hydrogen-bond acceptors (Lipinski definition) is 6. The highest BCUT2D eigenvalue weighted by atomic mass is 16.4. The van der Waals surface area contributed by atoms with Gasteiger partial charge in [-0.25, -0.2) is 9.59 Å². The summed E-state index contributed by atoms with van der Waals surface area (Å²) in [5, 5.41) is 19.9. The van der Waals surface area contributed by atoms with Crippen LogP contribution >= 0.6 is 0 Å². The number of aromatic amines is 1. The molecule has 1 aromatic carbocycles. The molecule has 0 radical (unpaired) electrons. The zero-order chi connectivity index (χ0) is 26.1. The molecule has 1 aromatic heterocycles. The second kappa shape index (κ2) is 12.4. The van der Waals surface area contributed by atoms with Gasteiger partial charge in [-0.3, -0.25) is 14.4 Å². The monoisotopic (exact) mass is 487 g/mol. The molecule has 188 valence electrons. The van der Waals surface area contributed by atoms with Gasteiger partial charge in [0.15, 0.2) is 0 Å². The molecule has 0 unspecified atom stereocenters. The third-order valence-corrected chi connectivity index (χ3v) is 5.62. The molecule has 3 atom stereocenters. The average Bonchev–Trinajstić information content (AvgIpc) is 3.26. The first-order valence-corrected chi connectivity index (χ1v) is 10.9. The lowest BCUT2D eigenvalue weighted by Gasteiger charge is -2.31. The fourth-order valence-corrected chi connectivity index (χ4v) is 3.47. The maximum atomic E-state index is 12.4. The molecular formula is C21H30BN7O6. The van der Waals surface area contributed by atoms with Crippen molar-refractivity contribution in [2.75, 3.05) is 20.1 Å². The standard InChI is InChI=1S/C21H30BN7O6/c1-11(29(2)17(31)8-23)18(19(32)28-22)27-16(30)10-25-21(35)26-15(20(33)34)7-12-9-24-14-6-4-3-5-13(12)14/h3-6,9,11,15,18,24H,7-8,10,22-23H2,1-2H3,(H,27,30)(H,28,32)(H,33,34)(H2,25,26,35)/t11-,15-,18-/m0/s1. The number of amides is 5. The number of carbonyl (C=O) groups is 5. The van der Waals surface area contributed by atoms with Crippen molar-refractivity contribution in [1.29, 1.82) is 0 Å². The summed E-state index contributed by atoms with van der Waals surface area (Å²) in [6, 6.07) is 3.42. The maximum Gasteiger partial charge on any atom is 0.326 e. The minimum absolute atomic E-state index is 0.0245. The van der Waals surface area contributed by atoms with Crippen molar-refractivity contribution in [1.82, 2.24) is 31.1 Å². The lowest BCUT2D eigenvalue weighted by atomic mass is 10.1. The molecule has 1 heterocycles. The van der Waals surface area contributed by atoms with Crippen molar-refractivity contribution < 1.29 is 29.1 Å². The molecule has 0 saturated heterocycles. The molecule has 0 bridgehead atoms. The zero-order valence-electron chi connectivity index (χ0n) is 19.8. The zero-order valence-corrected chi connectivity index (χ0v) is 19.8. The molecule has 0 aliphatic rings. The van der Waals surface area contributed by atoms with Gasteiger partial charge in [0, 0.05) is 30.6 Å². The topological polar surface area (TPSA) is 199 Å². The van der Waals surface area contributed by atoms with E-state index in [2.05, 4.69) is 26.2 Å². The Hall–Kier alpha value is -4.07. The number of urea groups is 1. The van der Waals surface area contributed by atoms with Crippen molar-refractivity contribution in [3.8, 4) is 0 Å². The van der Waals surface area contributed by atoms with Crippen LogP contribution in [0.5, 0.6) is 0 Å². The molecular weight excluding hydrogens is 457 g/mol. The average molecular weight is 487 g/mol. The second-order valence-corrected chi connectivity index (χ2v) is 7.89. The highest BCUT2D eigenvalue weighted by Crippen LogP contribution is 2.19. The number of carbonyl (C=O) groups excluding carboxylic acids is 4. The Morgan fingerprint density at radius 1 is 1.17 bits per heavy atom. The Bertz CT molecular complexity index is 1090. The quantitative estimate of drug-likeness (QED) is 0.169. The van der Waals surface area contributed by atoms with Crippen molar-refractivity contribution in [3.05, 3.63) is 36.0 Å². The van der Waals surface area contributed by atoms with Gasteiger partial charge in [-0.2, -0.15) is 0 Å². The van der Waals surface area contributed by atoms with E-state index in [1.54, 1.807) is 13.1 Å². The number of para-hydroxylation sites is 1. The van der Waals surface area contributed by atoms with E-state index in [0.717, 1.165) is 10.9 Å². The number of aromatic nitrogens is 1. The van der Waals surface area contributed by atoms with Gasteiger partial charge < -0.3 is 41.9 Å². The Balaban J connectivity index is 1.96. The fraction of sp³-hybridized carbons (Fsp3) is 0.381. The second-order valence-electron chi connectivity index (χ2n) is 7.89. The third kappa shape index (κ3) is 7.21. The number of nitrogens with zero attached hydrogens (tertiary/aromatic N) is 1. The molecule has 0 fully saturated rings. The Morgan fingerprint density at radius 3 is 2.49 bits per heavy atom. The van der Waals surface area contributed by atoms with Gasteiger partial charge >= 0.3 is 12.0 Å². The van der Waals surface area contributed by atoms with Gasteiger partial charge in [-0.1, -0.05) is 18.2 Å².